The molecule has 5 rings (SSSR count). The normalized spacial score (nSPS) is 17.9. The summed E-state index contributed by atoms with van der Waals surface area (Å²) < 4.78 is 7.10. The molecule has 148 valence electrons. The van der Waals surface area contributed by atoms with Crippen LogP contribution in [0.25, 0.3) is 15.9 Å². The quantitative estimate of drug-likeness (QED) is 0.651. The van der Waals surface area contributed by atoms with Gasteiger partial charge in [-0.2, -0.15) is 4.52 Å². The van der Waals surface area contributed by atoms with Crippen molar-refractivity contribution in [1.29, 1.82) is 0 Å². The molecular formula is C19H25N6O2S+. The number of carbonyl (C=O) groups excluding carboxylic acids is 1. The lowest BCUT2D eigenvalue weighted by atomic mass is 9.97. The van der Waals surface area contributed by atoms with Gasteiger partial charge in [0.05, 0.1) is 31.7 Å². The fraction of sp³-hybridized carbons (Fsp3) is 0.579. The maximum absolute atomic E-state index is 12.6. The van der Waals surface area contributed by atoms with Crippen LogP contribution < -0.4 is 10.2 Å². The molecule has 0 unspecified atom stereocenters. The van der Waals surface area contributed by atoms with Crippen molar-refractivity contribution >= 4 is 33.1 Å². The highest BCUT2D eigenvalue weighted by molar-refractivity contribution is 7.19. The van der Waals surface area contributed by atoms with Crippen LogP contribution >= 0.6 is 11.3 Å². The number of rotatable bonds is 4. The Bertz CT molecular complexity index is 1040. The highest BCUT2D eigenvalue weighted by Gasteiger charge is 2.23. The molecule has 2 aliphatic rings. The van der Waals surface area contributed by atoms with E-state index in [9.17, 15) is 4.79 Å². The molecule has 3 aromatic rings. The smallest absolute Gasteiger partial charge is 0.291 e. The van der Waals surface area contributed by atoms with Gasteiger partial charge in [0, 0.05) is 4.88 Å². The zero-order chi connectivity index (χ0) is 19.1. The summed E-state index contributed by atoms with van der Waals surface area (Å²) in [4.78, 5) is 25.9. The van der Waals surface area contributed by atoms with Gasteiger partial charge >= 0.3 is 0 Å². The van der Waals surface area contributed by atoms with E-state index in [1.54, 1.807) is 15.9 Å². The molecule has 1 fully saturated rings. The fourth-order valence-corrected chi connectivity index (χ4v) is 5.49. The Labute approximate surface area is 166 Å². The van der Waals surface area contributed by atoms with Crippen molar-refractivity contribution in [1.82, 2.24) is 24.9 Å². The monoisotopic (exact) mass is 401 g/mol. The Morgan fingerprint density at radius 2 is 2.07 bits per heavy atom. The average molecular weight is 402 g/mol. The first-order valence-electron chi connectivity index (χ1n) is 10.1. The van der Waals surface area contributed by atoms with Gasteiger partial charge in [-0.3, -0.25) is 4.79 Å². The highest BCUT2D eigenvalue weighted by atomic mass is 32.1. The summed E-state index contributed by atoms with van der Waals surface area (Å²) in [5, 5.41) is 8.53. The van der Waals surface area contributed by atoms with Crippen LogP contribution in [0.15, 0.2) is 0 Å². The van der Waals surface area contributed by atoms with Crippen molar-refractivity contribution in [3.05, 3.63) is 22.1 Å². The molecular weight excluding hydrogens is 376 g/mol. The minimum Gasteiger partial charge on any atom is -0.370 e. The second kappa shape index (κ2) is 7.38. The van der Waals surface area contributed by atoms with Crippen LogP contribution in [-0.2, 0) is 17.6 Å². The Morgan fingerprint density at radius 1 is 1.25 bits per heavy atom. The number of aryl methyl sites for hydroxylation is 3. The van der Waals surface area contributed by atoms with E-state index >= 15 is 0 Å². The molecule has 1 aliphatic carbocycles. The number of hydrogen-bond acceptors (Lipinski definition) is 6. The van der Waals surface area contributed by atoms with Crippen LogP contribution in [0.5, 0.6) is 0 Å². The topological polar surface area (TPSA) is 85.8 Å². The van der Waals surface area contributed by atoms with Crippen LogP contribution in [-0.4, -0.2) is 64.9 Å². The standard InChI is InChI=1S/C19H24N6O2S/c1-12-21-19-15(13-4-2-3-5-14(13)28-19)17-22-16(23-25(12)17)18(26)20-6-7-24-8-10-27-11-9-24/h2-11H2,1H3,(H,20,26)/p+1. The third-order valence-electron chi connectivity index (χ3n) is 5.72. The van der Waals surface area contributed by atoms with E-state index in [-0.39, 0.29) is 11.7 Å². The zero-order valence-corrected chi connectivity index (χ0v) is 16.9. The summed E-state index contributed by atoms with van der Waals surface area (Å²) in [5.74, 6) is 0.781. The summed E-state index contributed by atoms with van der Waals surface area (Å²) in [7, 11) is 0. The third kappa shape index (κ3) is 3.17. The second-order valence-electron chi connectivity index (χ2n) is 7.59. The number of hydrogen-bond donors (Lipinski definition) is 2. The number of morpholine rings is 1. The van der Waals surface area contributed by atoms with E-state index < -0.39 is 0 Å². The Kier molecular flexibility index (Phi) is 4.73. The molecule has 0 radical (unpaired) electrons. The van der Waals surface area contributed by atoms with Crippen molar-refractivity contribution in [2.24, 2.45) is 0 Å². The van der Waals surface area contributed by atoms with Crippen molar-refractivity contribution in [3.63, 3.8) is 0 Å². The summed E-state index contributed by atoms with van der Waals surface area (Å²) in [6.07, 6.45) is 4.62. The largest absolute Gasteiger partial charge is 0.370 e. The molecule has 0 bridgehead atoms. The van der Waals surface area contributed by atoms with Gasteiger partial charge < -0.3 is 15.0 Å². The van der Waals surface area contributed by atoms with Gasteiger partial charge in [-0.25, -0.2) is 9.97 Å². The molecule has 1 saturated heterocycles. The number of quaternary nitrogens is 1. The maximum atomic E-state index is 12.6. The van der Waals surface area contributed by atoms with E-state index in [2.05, 4.69) is 15.4 Å². The summed E-state index contributed by atoms with van der Waals surface area (Å²) in [5.41, 5.74) is 2.13. The van der Waals surface area contributed by atoms with E-state index in [1.165, 1.54) is 28.2 Å². The van der Waals surface area contributed by atoms with E-state index in [4.69, 9.17) is 9.72 Å². The van der Waals surface area contributed by atoms with E-state index in [0.29, 0.717) is 6.54 Å². The molecule has 1 aliphatic heterocycles. The van der Waals surface area contributed by atoms with Gasteiger partial charge in [0.25, 0.3) is 5.91 Å². The Balaban J connectivity index is 1.40. The Morgan fingerprint density at radius 3 is 2.93 bits per heavy atom. The average Bonchev–Trinajstić information content (AvgIpc) is 3.30. The van der Waals surface area contributed by atoms with Crippen LogP contribution in [0.1, 0.15) is 39.7 Å². The molecule has 9 heteroatoms. The predicted molar refractivity (Wildman–Crippen MR) is 106 cm³/mol. The van der Waals surface area contributed by atoms with Crippen molar-refractivity contribution in [3.8, 4) is 0 Å². The molecule has 1 amide bonds. The van der Waals surface area contributed by atoms with Gasteiger partial charge in [0.1, 0.15) is 23.7 Å². The van der Waals surface area contributed by atoms with Crippen molar-refractivity contribution < 1.29 is 14.4 Å². The fourth-order valence-electron chi connectivity index (χ4n) is 4.19. The number of nitrogens with zero attached hydrogens (tertiary/aromatic N) is 4. The Hall–Kier alpha value is -2.10. The lowest BCUT2D eigenvalue weighted by molar-refractivity contribution is -0.906. The lowest BCUT2D eigenvalue weighted by Crippen LogP contribution is -3.14. The summed E-state index contributed by atoms with van der Waals surface area (Å²) in [6, 6.07) is 0. The number of aromatic nitrogens is 4. The molecule has 4 heterocycles. The van der Waals surface area contributed by atoms with Gasteiger partial charge in [0.15, 0.2) is 5.65 Å². The van der Waals surface area contributed by atoms with Gasteiger partial charge in [0.2, 0.25) is 5.82 Å². The minimum absolute atomic E-state index is 0.215. The lowest BCUT2D eigenvalue weighted by Gasteiger charge is -2.23. The van der Waals surface area contributed by atoms with Crippen LogP contribution in [0.2, 0.25) is 0 Å². The third-order valence-corrected chi connectivity index (χ3v) is 6.91. The number of thiophene rings is 1. The van der Waals surface area contributed by atoms with Crippen LogP contribution in [0.4, 0.5) is 0 Å². The molecule has 0 saturated carbocycles. The molecule has 28 heavy (non-hydrogen) atoms. The summed E-state index contributed by atoms with van der Waals surface area (Å²) in [6.45, 7) is 7.01. The molecule has 0 spiro atoms. The first-order chi connectivity index (χ1) is 13.7. The number of amides is 1. The molecule has 3 aromatic heterocycles. The number of ether oxygens (including phenoxy) is 1. The van der Waals surface area contributed by atoms with Crippen molar-refractivity contribution in [2.45, 2.75) is 32.6 Å². The first-order valence-corrected chi connectivity index (χ1v) is 10.9. The number of carbonyl (C=O) groups is 1. The van der Waals surface area contributed by atoms with Gasteiger partial charge in [-0.1, -0.05) is 0 Å². The molecule has 0 aromatic carbocycles. The molecule has 8 nitrogen and oxygen atoms in total. The van der Waals surface area contributed by atoms with Crippen LogP contribution in [0, 0.1) is 6.92 Å². The first kappa shape index (κ1) is 18.0. The summed E-state index contributed by atoms with van der Waals surface area (Å²) >= 11 is 1.77. The highest BCUT2D eigenvalue weighted by Crippen LogP contribution is 2.37. The zero-order valence-electron chi connectivity index (χ0n) is 16.1. The molecule has 2 N–H and O–H groups in total. The maximum Gasteiger partial charge on any atom is 0.291 e. The number of fused-ring (bicyclic) bond motifs is 5. The van der Waals surface area contributed by atoms with Gasteiger partial charge in [-0.05, 0) is 38.2 Å². The predicted octanol–water partition coefficient (Wildman–Crippen LogP) is 0.171. The SMILES string of the molecule is Cc1nc2sc3c(c2c2nc(C(=O)NCC[NH+]4CCOCC4)nn12)CCCC3. The van der Waals surface area contributed by atoms with Gasteiger partial charge in [-0.15, -0.1) is 16.4 Å². The number of nitrogens with one attached hydrogen (secondary N) is 2. The minimum atomic E-state index is -0.215. The van der Waals surface area contributed by atoms with Crippen molar-refractivity contribution in [2.75, 3.05) is 39.4 Å². The van der Waals surface area contributed by atoms with E-state index in [0.717, 1.165) is 67.4 Å². The van der Waals surface area contributed by atoms with Crippen LogP contribution in [0.3, 0.4) is 0 Å². The second-order valence-corrected chi connectivity index (χ2v) is 8.67. The van der Waals surface area contributed by atoms with E-state index in [1.807, 2.05) is 6.92 Å². The molecule has 0 atom stereocenters.